The number of ketones is 1. The molecule has 2 saturated heterocycles. The predicted molar refractivity (Wildman–Crippen MR) is 99.0 cm³/mol. The average Bonchev–Trinajstić information content (AvgIpc) is 3.00. The summed E-state index contributed by atoms with van der Waals surface area (Å²) in [6.07, 6.45) is -1.30. The number of morpholine rings is 1. The molecule has 0 bridgehead atoms. The fourth-order valence-corrected chi connectivity index (χ4v) is 5.29. The van der Waals surface area contributed by atoms with Crippen LogP contribution in [0.1, 0.15) is 25.8 Å². The summed E-state index contributed by atoms with van der Waals surface area (Å²) in [4.78, 5) is 39.7. The minimum atomic E-state index is -1.57. The van der Waals surface area contributed by atoms with Gasteiger partial charge in [-0.05, 0) is 31.9 Å². The minimum absolute atomic E-state index is 0.00353. The molecular weight excluding hydrogens is 405 g/mol. The molecule has 152 valence electrons. The predicted octanol–water partition coefficient (Wildman–Crippen LogP) is 1.76. The Morgan fingerprint density at radius 1 is 1.34 bits per heavy atom. The zero-order valence-corrected chi connectivity index (χ0v) is 16.4. The van der Waals surface area contributed by atoms with Crippen LogP contribution in [-0.2, 0) is 25.5 Å². The quantitative estimate of drug-likeness (QED) is 0.510. The number of nitrogens with zero attached hydrogens (tertiary/aromatic N) is 2. The molecule has 2 fully saturated rings. The number of amides is 2. The van der Waals surface area contributed by atoms with Gasteiger partial charge in [0.25, 0.3) is 0 Å². The van der Waals surface area contributed by atoms with Gasteiger partial charge >= 0.3 is 0 Å². The van der Waals surface area contributed by atoms with Crippen LogP contribution in [0, 0.1) is 11.2 Å². The van der Waals surface area contributed by atoms with Gasteiger partial charge in [-0.25, -0.2) is 4.39 Å². The molecule has 1 aromatic heterocycles. The van der Waals surface area contributed by atoms with E-state index in [0.717, 1.165) is 0 Å². The van der Waals surface area contributed by atoms with Crippen molar-refractivity contribution < 1.29 is 28.0 Å². The molecule has 2 aromatic rings. The molecule has 2 amide bonds. The molecule has 0 aliphatic carbocycles. The molecule has 8 nitrogen and oxygen atoms in total. The first kappa shape index (κ1) is 18.5. The van der Waals surface area contributed by atoms with E-state index in [1.54, 1.807) is 17.9 Å². The third-order valence-corrected chi connectivity index (χ3v) is 6.41. The molecule has 29 heavy (non-hydrogen) atoms. The van der Waals surface area contributed by atoms with Crippen molar-refractivity contribution in [2.24, 2.45) is 5.41 Å². The largest absolute Gasteiger partial charge is 0.372 e. The van der Waals surface area contributed by atoms with Gasteiger partial charge in [0.15, 0.2) is 16.8 Å². The molecule has 0 radical (unpaired) electrons. The Kier molecular flexibility index (Phi) is 3.82. The fraction of sp³-hybridized carbons (Fsp3) is 0.474. The maximum atomic E-state index is 15.5. The second kappa shape index (κ2) is 5.99. The van der Waals surface area contributed by atoms with Crippen LogP contribution in [0.3, 0.4) is 0 Å². The van der Waals surface area contributed by atoms with Gasteiger partial charge in [-0.1, -0.05) is 16.8 Å². The third-order valence-electron chi connectivity index (χ3n) is 6.13. The monoisotopic (exact) mass is 421 g/mol. The van der Waals surface area contributed by atoms with Gasteiger partial charge in [-0.2, -0.15) is 0 Å². The number of aromatic nitrogens is 1. The van der Waals surface area contributed by atoms with Crippen LogP contribution in [0.15, 0.2) is 10.6 Å². The normalized spacial score (nSPS) is 31.8. The van der Waals surface area contributed by atoms with E-state index < -0.39 is 47.4 Å². The summed E-state index contributed by atoms with van der Waals surface area (Å²) in [6.45, 7) is 3.85. The summed E-state index contributed by atoms with van der Waals surface area (Å²) < 4.78 is 26.5. The Balaban J connectivity index is 1.79. The molecule has 1 spiro atoms. The Labute approximate surface area is 169 Å². The topological polar surface area (TPSA) is 102 Å². The van der Waals surface area contributed by atoms with Gasteiger partial charge < -0.3 is 14.2 Å². The lowest BCUT2D eigenvalue weighted by Crippen LogP contribution is -2.72. The van der Waals surface area contributed by atoms with Gasteiger partial charge in [0, 0.05) is 6.54 Å². The van der Waals surface area contributed by atoms with Crippen molar-refractivity contribution in [3.63, 3.8) is 0 Å². The van der Waals surface area contributed by atoms with Crippen molar-refractivity contribution in [2.45, 2.75) is 44.9 Å². The van der Waals surface area contributed by atoms with E-state index in [2.05, 4.69) is 10.5 Å². The van der Waals surface area contributed by atoms with Crippen LogP contribution in [-0.4, -0.2) is 47.5 Å². The number of rotatable bonds is 0. The van der Waals surface area contributed by atoms with Crippen molar-refractivity contribution >= 4 is 45.9 Å². The van der Waals surface area contributed by atoms with E-state index in [1.807, 2.05) is 6.92 Å². The number of carbonyl (C=O) groups excluding carboxylic acids is 3. The Hall–Kier alpha value is -2.52. The highest BCUT2D eigenvalue weighted by molar-refractivity contribution is 6.34. The average molecular weight is 422 g/mol. The van der Waals surface area contributed by atoms with Crippen molar-refractivity contribution in [1.29, 1.82) is 0 Å². The zero-order chi connectivity index (χ0) is 20.7. The van der Waals surface area contributed by atoms with Crippen molar-refractivity contribution in [3.8, 4) is 0 Å². The van der Waals surface area contributed by atoms with E-state index >= 15 is 4.39 Å². The van der Waals surface area contributed by atoms with E-state index in [9.17, 15) is 14.4 Å². The third kappa shape index (κ3) is 2.34. The Morgan fingerprint density at radius 3 is 2.83 bits per heavy atom. The number of anilines is 1. The standard InChI is InChI=1S/C19H17ClFN3O5/c1-7-6-24-14-9(3-10-15(13(14)21)29-23-17(10)20)5-19(16(24)8(2)28-7)11(25)4-12(26)22-18(19)27/h3,7-8,16H,4-6H2,1-2H3,(H,22,26,27)/t7-,8+,16-,19?/m1/s1. The van der Waals surface area contributed by atoms with E-state index in [4.69, 9.17) is 20.9 Å². The fourth-order valence-electron chi connectivity index (χ4n) is 5.12. The van der Waals surface area contributed by atoms with Gasteiger partial charge in [0.05, 0.1) is 35.7 Å². The summed E-state index contributed by atoms with van der Waals surface area (Å²) in [6, 6.07) is 0.837. The molecule has 1 aromatic carbocycles. The van der Waals surface area contributed by atoms with Crippen molar-refractivity contribution in [2.75, 3.05) is 11.4 Å². The van der Waals surface area contributed by atoms with Crippen LogP contribution in [0.5, 0.6) is 0 Å². The van der Waals surface area contributed by atoms with Gasteiger partial charge in [-0.15, -0.1) is 0 Å². The number of imide groups is 1. The first-order valence-electron chi connectivity index (χ1n) is 9.30. The smallest absolute Gasteiger partial charge is 0.242 e. The lowest BCUT2D eigenvalue weighted by molar-refractivity contribution is -0.158. The summed E-state index contributed by atoms with van der Waals surface area (Å²) in [5.41, 5.74) is -0.953. The Morgan fingerprint density at radius 2 is 2.10 bits per heavy atom. The number of fused-ring (bicyclic) bond motifs is 5. The molecule has 1 N–H and O–H groups in total. The number of hydrogen-bond acceptors (Lipinski definition) is 7. The number of Topliss-reactive ketones (excluding diaryl/α,β-unsaturated/α-hetero) is 1. The van der Waals surface area contributed by atoms with Crippen LogP contribution in [0.4, 0.5) is 10.1 Å². The summed E-state index contributed by atoms with van der Waals surface area (Å²) in [5.74, 6) is -2.45. The highest BCUT2D eigenvalue weighted by atomic mass is 35.5. The molecular formula is C19H17ClFN3O5. The highest BCUT2D eigenvalue weighted by Gasteiger charge is 2.62. The molecule has 0 saturated carbocycles. The summed E-state index contributed by atoms with van der Waals surface area (Å²) in [7, 11) is 0. The maximum absolute atomic E-state index is 15.5. The number of piperidine rings is 1. The number of benzene rings is 1. The second-order valence-electron chi connectivity index (χ2n) is 7.92. The molecule has 4 heterocycles. The zero-order valence-electron chi connectivity index (χ0n) is 15.6. The van der Waals surface area contributed by atoms with Crippen molar-refractivity contribution in [1.82, 2.24) is 10.5 Å². The van der Waals surface area contributed by atoms with Crippen molar-refractivity contribution in [3.05, 3.63) is 22.6 Å². The van der Waals surface area contributed by atoms with E-state index in [0.29, 0.717) is 5.56 Å². The second-order valence-corrected chi connectivity index (χ2v) is 8.28. The highest BCUT2D eigenvalue weighted by Crippen LogP contribution is 2.50. The van der Waals surface area contributed by atoms with Gasteiger partial charge in [0.2, 0.25) is 17.4 Å². The molecule has 1 unspecified atom stereocenters. The lowest BCUT2D eigenvalue weighted by Gasteiger charge is -2.55. The van der Waals surface area contributed by atoms with Gasteiger partial charge in [0.1, 0.15) is 5.41 Å². The Bertz CT molecular complexity index is 1080. The van der Waals surface area contributed by atoms with E-state index in [1.165, 1.54) is 0 Å². The van der Waals surface area contributed by atoms with Crippen LogP contribution >= 0.6 is 11.6 Å². The summed E-state index contributed by atoms with van der Waals surface area (Å²) in [5, 5.41) is 6.18. The first-order valence-corrected chi connectivity index (χ1v) is 9.67. The van der Waals surface area contributed by atoms with Crippen LogP contribution in [0.25, 0.3) is 11.0 Å². The lowest BCUT2D eigenvalue weighted by atomic mass is 9.63. The SMILES string of the molecule is C[C@@H]1CN2c3c(cc4c(Cl)noc4c3F)CC3(C(=O)CC(=O)NC3=O)[C@H]2[C@H](C)O1. The maximum Gasteiger partial charge on any atom is 0.242 e. The number of nitrogens with one attached hydrogen (secondary N) is 1. The summed E-state index contributed by atoms with van der Waals surface area (Å²) >= 11 is 6.03. The molecule has 3 aliphatic rings. The van der Waals surface area contributed by atoms with Crippen LogP contribution in [0.2, 0.25) is 5.15 Å². The number of ether oxygens (including phenoxy) is 1. The molecule has 10 heteroatoms. The minimum Gasteiger partial charge on any atom is -0.372 e. The number of carbonyl (C=O) groups is 3. The number of hydrogen-bond donors (Lipinski definition) is 1. The molecule has 5 rings (SSSR count). The molecule has 3 aliphatic heterocycles. The van der Waals surface area contributed by atoms with Crippen LogP contribution < -0.4 is 10.2 Å². The van der Waals surface area contributed by atoms with E-state index in [-0.39, 0.29) is 40.9 Å². The first-order chi connectivity index (χ1) is 13.7. The van der Waals surface area contributed by atoms with Gasteiger partial charge in [-0.3, -0.25) is 19.7 Å². The molecule has 4 atom stereocenters. The number of halogens is 2.